The smallest absolute Gasteiger partial charge is 0.338 e. The van der Waals surface area contributed by atoms with Crippen molar-refractivity contribution in [1.82, 2.24) is 19.9 Å². The second-order valence-electron chi connectivity index (χ2n) is 6.99. The molecule has 0 atom stereocenters. The number of nitrogens with zero attached hydrogens (tertiary/aromatic N) is 4. The van der Waals surface area contributed by atoms with Gasteiger partial charge >= 0.3 is 5.97 Å². The van der Waals surface area contributed by atoms with E-state index in [1.165, 1.54) is 0 Å². The quantitative estimate of drug-likeness (QED) is 0.438. The number of fused-ring (bicyclic) bond motifs is 1. The van der Waals surface area contributed by atoms with Gasteiger partial charge in [-0.1, -0.05) is 12.1 Å². The Morgan fingerprint density at radius 2 is 1.74 bits per heavy atom. The molecule has 0 fully saturated rings. The molecule has 0 amide bonds. The average molecular weight is 414 g/mol. The minimum Gasteiger partial charge on any atom is -0.462 e. The molecule has 8 heteroatoms. The van der Waals surface area contributed by atoms with Gasteiger partial charge in [0.05, 0.1) is 12.2 Å². The summed E-state index contributed by atoms with van der Waals surface area (Å²) in [7, 11) is 0. The van der Waals surface area contributed by atoms with E-state index < -0.39 is 0 Å². The van der Waals surface area contributed by atoms with E-state index in [4.69, 9.17) is 4.74 Å². The maximum atomic E-state index is 11.8. The van der Waals surface area contributed by atoms with Crippen molar-refractivity contribution < 1.29 is 9.53 Å². The number of hydrogen-bond acceptors (Lipinski definition) is 8. The lowest BCUT2D eigenvalue weighted by molar-refractivity contribution is 0.0526. The maximum absolute atomic E-state index is 11.8. The highest BCUT2D eigenvalue weighted by Crippen LogP contribution is 2.26. The van der Waals surface area contributed by atoms with Crippen molar-refractivity contribution in [2.75, 3.05) is 17.2 Å². The first-order valence-electron chi connectivity index (χ1n) is 9.90. The van der Waals surface area contributed by atoms with Gasteiger partial charge in [0, 0.05) is 23.8 Å². The topological polar surface area (TPSA) is 102 Å². The van der Waals surface area contributed by atoms with Crippen LogP contribution in [0.1, 0.15) is 28.4 Å². The molecule has 0 saturated heterocycles. The molecule has 4 rings (SSSR count). The first-order valence-corrected chi connectivity index (χ1v) is 9.90. The van der Waals surface area contributed by atoms with Crippen LogP contribution < -0.4 is 10.6 Å². The lowest BCUT2D eigenvalue weighted by atomic mass is 10.1. The van der Waals surface area contributed by atoms with Gasteiger partial charge in [-0.3, -0.25) is 0 Å². The van der Waals surface area contributed by atoms with Gasteiger partial charge in [0.1, 0.15) is 0 Å². The zero-order valence-electron chi connectivity index (χ0n) is 17.5. The number of esters is 1. The largest absolute Gasteiger partial charge is 0.462 e. The van der Waals surface area contributed by atoms with E-state index in [0.29, 0.717) is 35.1 Å². The molecule has 4 aromatic rings. The van der Waals surface area contributed by atoms with E-state index >= 15 is 0 Å². The van der Waals surface area contributed by atoms with E-state index in [9.17, 15) is 4.79 Å². The van der Waals surface area contributed by atoms with Gasteiger partial charge in [-0.25, -0.2) is 14.8 Å². The number of aryl methyl sites for hydroxylation is 2. The van der Waals surface area contributed by atoms with Crippen LogP contribution in [-0.2, 0) is 4.74 Å². The summed E-state index contributed by atoms with van der Waals surface area (Å²) < 4.78 is 5.02. The summed E-state index contributed by atoms with van der Waals surface area (Å²) in [5.41, 5.74) is 5.42. The SMILES string of the molecule is CCOC(=O)c1ccc(Nc2nc(Nc3cc(C)ccc3C)c3nccnc3n2)cc1. The first-order chi connectivity index (χ1) is 15.0. The maximum Gasteiger partial charge on any atom is 0.338 e. The molecule has 2 N–H and O–H groups in total. The Morgan fingerprint density at radius 1 is 0.968 bits per heavy atom. The van der Waals surface area contributed by atoms with Crippen molar-refractivity contribution in [2.24, 2.45) is 0 Å². The molecule has 8 nitrogen and oxygen atoms in total. The highest BCUT2D eigenvalue weighted by atomic mass is 16.5. The molecule has 0 spiro atoms. The van der Waals surface area contributed by atoms with Crippen LogP contribution in [0.2, 0.25) is 0 Å². The Hall–Kier alpha value is -4.07. The third-order valence-corrected chi connectivity index (χ3v) is 4.63. The average Bonchev–Trinajstić information content (AvgIpc) is 2.77. The monoisotopic (exact) mass is 414 g/mol. The van der Waals surface area contributed by atoms with Gasteiger partial charge in [0.2, 0.25) is 5.95 Å². The molecule has 0 bridgehead atoms. The molecular weight excluding hydrogens is 392 g/mol. The van der Waals surface area contributed by atoms with Gasteiger partial charge in [-0.05, 0) is 62.2 Å². The molecule has 0 unspecified atom stereocenters. The van der Waals surface area contributed by atoms with Crippen molar-refractivity contribution in [3.63, 3.8) is 0 Å². The second-order valence-corrected chi connectivity index (χ2v) is 6.99. The summed E-state index contributed by atoms with van der Waals surface area (Å²) in [4.78, 5) is 29.7. The highest BCUT2D eigenvalue weighted by molar-refractivity contribution is 5.90. The van der Waals surface area contributed by atoms with E-state index in [2.05, 4.69) is 48.8 Å². The summed E-state index contributed by atoms with van der Waals surface area (Å²) in [6, 6.07) is 13.1. The van der Waals surface area contributed by atoms with Crippen LogP contribution in [0.3, 0.4) is 0 Å². The van der Waals surface area contributed by atoms with Crippen LogP contribution in [0.15, 0.2) is 54.9 Å². The van der Waals surface area contributed by atoms with E-state index in [1.807, 2.05) is 13.8 Å². The Bertz CT molecular complexity index is 1240. The van der Waals surface area contributed by atoms with E-state index in [1.54, 1.807) is 43.6 Å². The van der Waals surface area contributed by atoms with Crippen molar-refractivity contribution in [3.05, 3.63) is 71.5 Å². The minimum atomic E-state index is -0.355. The molecule has 2 heterocycles. The summed E-state index contributed by atoms with van der Waals surface area (Å²) in [5, 5.41) is 6.53. The zero-order chi connectivity index (χ0) is 21.8. The number of hydrogen-bond donors (Lipinski definition) is 2. The van der Waals surface area contributed by atoms with Gasteiger partial charge in [-0.15, -0.1) is 0 Å². The third kappa shape index (κ3) is 4.58. The molecule has 0 saturated carbocycles. The fourth-order valence-corrected chi connectivity index (χ4v) is 3.04. The fraction of sp³-hybridized carbons (Fsp3) is 0.174. The van der Waals surface area contributed by atoms with Crippen molar-refractivity contribution in [1.29, 1.82) is 0 Å². The van der Waals surface area contributed by atoms with Crippen LogP contribution in [0, 0.1) is 13.8 Å². The molecule has 31 heavy (non-hydrogen) atoms. The Morgan fingerprint density at radius 3 is 2.52 bits per heavy atom. The molecule has 2 aromatic heterocycles. The minimum absolute atomic E-state index is 0.334. The fourth-order valence-electron chi connectivity index (χ4n) is 3.04. The van der Waals surface area contributed by atoms with Gasteiger partial charge < -0.3 is 15.4 Å². The Balaban J connectivity index is 1.66. The number of carbonyl (C=O) groups excluding carboxylic acids is 1. The molecular formula is C23H22N6O2. The van der Waals surface area contributed by atoms with Crippen molar-refractivity contribution >= 4 is 40.3 Å². The predicted octanol–water partition coefficient (Wildman–Crippen LogP) is 4.70. The van der Waals surface area contributed by atoms with E-state index in [-0.39, 0.29) is 5.97 Å². The number of nitrogens with one attached hydrogen (secondary N) is 2. The van der Waals surface area contributed by atoms with Crippen LogP contribution in [-0.4, -0.2) is 32.5 Å². The van der Waals surface area contributed by atoms with Gasteiger partial charge in [0.15, 0.2) is 17.0 Å². The summed E-state index contributed by atoms with van der Waals surface area (Å²) in [5.74, 6) is 0.563. The molecule has 0 radical (unpaired) electrons. The standard InChI is InChI=1S/C23H22N6O2/c1-4-31-22(30)16-7-9-17(10-8-16)26-23-28-20-19(24-11-12-25-20)21(29-23)27-18-13-14(2)5-6-15(18)3/h5-13H,4H2,1-3H3,(H2,25,26,27,28,29). The van der Waals surface area contributed by atoms with E-state index in [0.717, 1.165) is 22.5 Å². The molecule has 0 aliphatic carbocycles. The predicted molar refractivity (Wildman–Crippen MR) is 120 cm³/mol. The van der Waals surface area contributed by atoms with Crippen LogP contribution in [0.25, 0.3) is 11.2 Å². The molecule has 156 valence electrons. The number of ether oxygens (including phenoxy) is 1. The third-order valence-electron chi connectivity index (χ3n) is 4.63. The highest BCUT2D eigenvalue weighted by Gasteiger charge is 2.12. The number of benzene rings is 2. The lowest BCUT2D eigenvalue weighted by Crippen LogP contribution is -2.06. The van der Waals surface area contributed by atoms with Gasteiger partial charge in [0.25, 0.3) is 0 Å². The Labute approximate surface area is 179 Å². The second kappa shape index (κ2) is 8.74. The molecule has 2 aromatic carbocycles. The van der Waals surface area contributed by atoms with Crippen LogP contribution >= 0.6 is 0 Å². The van der Waals surface area contributed by atoms with Crippen molar-refractivity contribution in [3.8, 4) is 0 Å². The molecule has 0 aliphatic rings. The molecule has 0 aliphatic heterocycles. The van der Waals surface area contributed by atoms with Crippen LogP contribution in [0.5, 0.6) is 0 Å². The number of carbonyl (C=O) groups is 1. The number of aromatic nitrogens is 4. The Kier molecular flexibility index (Phi) is 5.70. The van der Waals surface area contributed by atoms with Crippen LogP contribution in [0.4, 0.5) is 23.1 Å². The number of anilines is 4. The first kappa shape index (κ1) is 20.2. The lowest BCUT2D eigenvalue weighted by Gasteiger charge is -2.13. The summed E-state index contributed by atoms with van der Waals surface area (Å²) in [6.45, 7) is 6.18. The zero-order valence-corrected chi connectivity index (χ0v) is 17.5. The summed E-state index contributed by atoms with van der Waals surface area (Å²) in [6.07, 6.45) is 3.20. The number of rotatable bonds is 6. The summed E-state index contributed by atoms with van der Waals surface area (Å²) >= 11 is 0. The van der Waals surface area contributed by atoms with Gasteiger partial charge in [-0.2, -0.15) is 9.97 Å². The van der Waals surface area contributed by atoms with Crippen molar-refractivity contribution in [2.45, 2.75) is 20.8 Å². The normalized spacial score (nSPS) is 10.7.